The maximum Gasteiger partial charge on any atom is 0.450 e. The number of hydrogen-bond acceptors (Lipinski definition) is 9. The first-order valence-electron chi connectivity index (χ1n) is 12.1. The van der Waals surface area contributed by atoms with Gasteiger partial charge in [0.05, 0.1) is 20.0 Å². The molecule has 0 aliphatic heterocycles. The van der Waals surface area contributed by atoms with Gasteiger partial charge in [0.1, 0.15) is 35.3 Å². The molecular weight excluding hydrogens is 561 g/mol. The maximum absolute atomic E-state index is 14.2. The number of nitrogens with zero attached hydrogens (tertiary/aromatic N) is 1. The van der Waals surface area contributed by atoms with E-state index in [2.05, 4.69) is 0 Å². The van der Waals surface area contributed by atoms with Crippen molar-refractivity contribution in [3.8, 4) is 23.0 Å². The van der Waals surface area contributed by atoms with Crippen molar-refractivity contribution in [1.82, 2.24) is 4.90 Å². The molecule has 11 nitrogen and oxygen atoms in total. The van der Waals surface area contributed by atoms with Crippen molar-refractivity contribution in [2.75, 3.05) is 20.5 Å². The van der Waals surface area contributed by atoms with Crippen molar-refractivity contribution in [1.29, 1.82) is 0 Å². The average Bonchev–Trinajstić information content (AvgIpc) is 2.93. The summed E-state index contributed by atoms with van der Waals surface area (Å²) >= 11 is 0. The normalized spacial score (nSPS) is 12.2. The molecule has 0 fully saturated rings. The van der Waals surface area contributed by atoms with E-state index < -0.39 is 46.7 Å². The van der Waals surface area contributed by atoms with Crippen LogP contribution in [0.2, 0.25) is 0 Å². The van der Waals surface area contributed by atoms with E-state index in [1.165, 1.54) is 81.8 Å². The summed E-state index contributed by atoms with van der Waals surface area (Å²) in [6.07, 6.45) is -1.14. The van der Waals surface area contributed by atoms with Crippen LogP contribution in [0.1, 0.15) is 18.9 Å². The minimum atomic E-state index is -4.58. The fourth-order valence-corrected chi connectivity index (χ4v) is 6.84. The van der Waals surface area contributed by atoms with Crippen molar-refractivity contribution in [2.24, 2.45) is 0 Å². The Balaban J connectivity index is 2.03. The van der Waals surface area contributed by atoms with Crippen LogP contribution < -0.4 is 18.5 Å². The molecule has 0 saturated heterocycles. The van der Waals surface area contributed by atoms with Crippen LogP contribution in [0.5, 0.6) is 23.0 Å². The van der Waals surface area contributed by atoms with Crippen LogP contribution in [-0.4, -0.2) is 56.2 Å². The number of aliphatic carboxylic acids is 1. The summed E-state index contributed by atoms with van der Waals surface area (Å²) in [6.45, 7) is 1.46. The van der Waals surface area contributed by atoms with E-state index in [-0.39, 0.29) is 17.9 Å². The lowest BCUT2D eigenvalue weighted by Crippen LogP contribution is -2.48. The number of ether oxygens (including phenoxy) is 2. The van der Waals surface area contributed by atoms with E-state index in [0.29, 0.717) is 22.0 Å². The van der Waals surface area contributed by atoms with Gasteiger partial charge in [0.2, 0.25) is 9.84 Å². The zero-order chi connectivity index (χ0) is 29.3. The molecule has 0 heterocycles. The second kappa shape index (κ2) is 13.4. The van der Waals surface area contributed by atoms with E-state index in [1.54, 1.807) is 18.2 Å². The number of carbonyl (C=O) groups is 2. The molecule has 0 spiro atoms. The Hall–Kier alpha value is -4.02. The number of carboxylic acids is 1. The number of methoxy groups -OCH3 is 2. The largest absolute Gasteiger partial charge is 0.497 e. The van der Waals surface area contributed by atoms with E-state index in [9.17, 15) is 27.7 Å². The number of sulfone groups is 1. The van der Waals surface area contributed by atoms with Gasteiger partial charge in [-0.3, -0.25) is 4.79 Å². The zero-order valence-electron chi connectivity index (χ0n) is 22.1. The first-order valence-corrected chi connectivity index (χ1v) is 15.4. The monoisotopic (exact) mass is 591 g/mol. The Morgan fingerprint density at radius 2 is 1.27 bits per heavy atom. The van der Waals surface area contributed by atoms with E-state index >= 15 is 0 Å². The Labute approximate surface area is 232 Å². The van der Waals surface area contributed by atoms with Gasteiger partial charge in [0.15, 0.2) is 0 Å². The molecule has 0 aliphatic rings. The molecule has 0 aliphatic carbocycles. The maximum atomic E-state index is 14.2. The van der Waals surface area contributed by atoms with Gasteiger partial charge in [-0.15, -0.1) is 0 Å². The van der Waals surface area contributed by atoms with Crippen LogP contribution in [-0.2, 0) is 24.9 Å². The Morgan fingerprint density at radius 3 is 1.68 bits per heavy atom. The van der Waals surface area contributed by atoms with E-state index in [1.807, 2.05) is 0 Å². The lowest BCUT2D eigenvalue weighted by Gasteiger charge is -2.31. The number of carboxylic acid groups (broad SMARTS) is 1. The van der Waals surface area contributed by atoms with Crippen LogP contribution in [0, 0.1) is 0 Å². The molecule has 1 unspecified atom stereocenters. The lowest BCUT2D eigenvalue weighted by molar-refractivity contribution is -0.141. The van der Waals surface area contributed by atoms with Crippen LogP contribution >= 0.6 is 7.60 Å². The predicted molar refractivity (Wildman–Crippen MR) is 148 cm³/mol. The third kappa shape index (κ3) is 8.00. The summed E-state index contributed by atoms with van der Waals surface area (Å²) in [5.41, 5.74) is 0.325. The topological polar surface area (TPSA) is 146 Å². The van der Waals surface area contributed by atoms with Crippen molar-refractivity contribution in [2.45, 2.75) is 25.1 Å². The zero-order valence-corrected chi connectivity index (χ0v) is 23.8. The van der Waals surface area contributed by atoms with Gasteiger partial charge in [-0.1, -0.05) is 37.3 Å². The van der Waals surface area contributed by atoms with Gasteiger partial charge in [-0.2, -0.15) is 0 Å². The fraction of sp³-hybridized carbons (Fsp3) is 0.259. The molecule has 1 amide bonds. The quantitative estimate of drug-likeness (QED) is 0.263. The Kier molecular flexibility index (Phi) is 10.2. The predicted octanol–water partition coefficient (Wildman–Crippen LogP) is 5.21. The SMILES string of the molecule is CCC(C(=O)O)N(CP(=O)(Oc1ccc(OC)cc1)Oc1ccc(OC)cc1)C(=O)S(=O)(=O)Cc1ccccc1. The molecule has 1 N–H and O–H groups in total. The van der Waals surface area contributed by atoms with Crippen LogP contribution in [0.15, 0.2) is 78.9 Å². The second-order valence-corrected chi connectivity index (χ2v) is 12.3. The highest BCUT2D eigenvalue weighted by molar-refractivity contribution is 8.05. The molecule has 3 rings (SSSR count). The van der Waals surface area contributed by atoms with Crippen LogP contribution in [0.4, 0.5) is 4.79 Å². The molecule has 214 valence electrons. The number of amides is 1. The summed E-state index contributed by atoms with van der Waals surface area (Å²) in [4.78, 5) is 26.1. The Morgan fingerprint density at radius 1 is 0.825 bits per heavy atom. The molecular formula is C27H30NO10PS. The van der Waals surface area contributed by atoms with Gasteiger partial charge >= 0.3 is 18.8 Å². The molecule has 0 radical (unpaired) electrons. The van der Waals surface area contributed by atoms with Crippen molar-refractivity contribution < 1.29 is 46.2 Å². The summed E-state index contributed by atoms with van der Waals surface area (Å²) in [5, 5.41) is 8.34. The number of rotatable bonds is 13. The van der Waals surface area contributed by atoms with Gasteiger partial charge in [-0.05, 0) is 60.5 Å². The Bertz CT molecular complexity index is 1390. The van der Waals surface area contributed by atoms with Crippen molar-refractivity contribution in [3.63, 3.8) is 0 Å². The molecule has 1 atom stereocenters. The van der Waals surface area contributed by atoms with E-state index in [4.69, 9.17) is 18.5 Å². The lowest BCUT2D eigenvalue weighted by atomic mass is 10.2. The van der Waals surface area contributed by atoms with Gasteiger partial charge < -0.3 is 28.5 Å². The number of benzene rings is 3. The number of carbonyl (C=O) groups excluding carboxylic acids is 1. The minimum absolute atomic E-state index is 0.0561. The molecule has 3 aromatic rings. The highest BCUT2D eigenvalue weighted by atomic mass is 32.2. The summed E-state index contributed by atoms with van der Waals surface area (Å²) in [5.74, 6) is -1.08. The minimum Gasteiger partial charge on any atom is -0.497 e. The highest BCUT2D eigenvalue weighted by Crippen LogP contribution is 2.50. The molecule has 13 heteroatoms. The molecule has 0 saturated carbocycles. The number of hydrogen-bond donors (Lipinski definition) is 1. The third-order valence-electron chi connectivity index (χ3n) is 5.68. The van der Waals surface area contributed by atoms with E-state index in [0.717, 1.165) is 0 Å². The molecule has 40 heavy (non-hydrogen) atoms. The first-order chi connectivity index (χ1) is 19.0. The molecule has 0 aromatic heterocycles. The summed E-state index contributed by atoms with van der Waals surface area (Å²) < 4.78 is 62.2. The van der Waals surface area contributed by atoms with Crippen molar-refractivity contribution in [3.05, 3.63) is 84.4 Å². The summed E-state index contributed by atoms with van der Waals surface area (Å²) in [6, 6.07) is 18.2. The fourth-order valence-electron chi connectivity index (χ4n) is 3.70. The van der Waals surface area contributed by atoms with Gasteiger partial charge in [0, 0.05) is 0 Å². The standard InChI is InChI=1S/C27H30NO10PS/c1-4-25(26(29)30)28(27(31)40(33,34)18-20-8-6-5-7-9-20)19-39(32,37-23-14-10-21(35-2)11-15-23)38-24-16-12-22(36-3)13-17-24/h5-17,25H,4,18-19H2,1-3H3,(H,29,30). The van der Waals surface area contributed by atoms with Crippen LogP contribution in [0.3, 0.4) is 0 Å². The molecule has 3 aromatic carbocycles. The highest BCUT2D eigenvalue weighted by Gasteiger charge is 2.43. The smallest absolute Gasteiger partial charge is 0.450 e. The summed E-state index contributed by atoms with van der Waals surface area (Å²) in [7, 11) is -6.14. The third-order valence-corrected chi connectivity index (χ3v) is 8.79. The second-order valence-electron chi connectivity index (χ2n) is 8.53. The average molecular weight is 592 g/mol. The van der Waals surface area contributed by atoms with Crippen molar-refractivity contribution >= 4 is 28.6 Å². The van der Waals surface area contributed by atoms with Gasteiger partial charge in [-0.25, -0.2) is 17.8 Å². The first kappa shape index (κ1) is 30.5. The van der Waals surface area contributed by atoms with Gasteiger partial charge in [0.25, 0.3) is 0 Å². The molecule has 0 bridgehead atoms. The van der Waals surface area contributed by atoms with Crippen LogP contribution in [0.25, 0.3) is 0 Å².